The maximum Gasteiger partial charge on any atom is 0.407 e. The first-order valence-electron chi connectivity index (χ1n) is 15.0. The van der Waals surface area contributed by atoms with E-state index in [1.807, 2.05) is 79.7 Å². The van der Waals surface area contributed by atoms with Crippen LogP contribution in [0.1, 0.15) is 57.7 Å². The van der Waals surface area contributed by atoms with E-state index in [0.717, 1.165) is 16.7 Å². The molecule has 1 heterocycles. The SMILES string of the molecule is Cc1ccc(C(=O)c2ccc(CC(=O)N[C@@H](CCCCNC(=O)OCc3ccccc3)C(=O)OCc3ccccc3)n2C)cc1. The number of carbonyl (C=O) groups is 4. The number of esters is 1. The van der Waals surface area contributed by atoms with Gasteiger partial charge in [0.1, 0.15) is 19.3 Å². The zero-order valence-corrected chi connectivity index (χ0v) is 25.7. The summed E-state index contributed by atoms with van der Waals surface area (Å²) in [5.41, 5.74) is 4.46. The lowest BCUT2D eigenvalue weighted by molar-refractivity contribution is -0.149. The zero-order chi connectivity index (χ0) is 32.0. The summed E-state index contributed by atoms with van der Waals surface area (Å²) in [5, 5.41) is 5.53. The van der Waals surface area contributed by atoms with Crippen molar-refractivity contribution in [2.45, 2.75) is 51.9 Å². The van der Waals surface area contributed by atoms with Gasteiger partial charge in [0.05, 0.1) is 12.1 Å². The van der Waals surface area contributed by atoms with Crippen LogP contribution in [0.25, 0.3) is 0 Å². The fourth-order valence-corrected chi connectivity index (χ4v) is 4.74. The van der Waals surface area contributed by atoms with E-state index in [1.165, 1.54) is 0 Å². The van der Waals surface area contributed by atoms with E-state index in [4.69, 9.17) is 9.47 Å². The second-order valence-electron chi connectivity index (χ2n) is 10.8. The van der Waals surface area contributed by atoms with Gasteiger partial charge in [0, 0.05) is 24.8 Å². The van der Waals surface area contributed by atoms with Gasteiger partial charge >= 0.3 is 12.1 Å². The van der Waals surface area contributed by atoms with Gasteiger partial charge in [-0.05, 0) is 49.4 Å². The van der Waals surface area contributed by atoms with Gasteiger partial charge in [0.2, 0.25) is 11.7 Å². The second kappa shape index (κ2) is 16.6. The molecule has 0 fully saturated rings. The van der Waals surface area contributed by atoms with Crippen LogP contribution in [0.2, 0.25) is 0 Å². The monoisotopic (exact) mass is 609 g/mol. The minimum Gasteiger partial charge on any atom is -0.459 e. The number of hydrogen-bond acceptors (Lipinski definition) is 6. The highest BCUT2D eigenvalue weighted by atomic mass is 16.5. The van der Waals surface area contributed by atoms with Crippen LogP contribution in [0.5, 0.6) is 0 Å². The Balaban J connectivity index is 1.30. The van der Waals surface area contributed by atoms with Gasteiger partial charge in [-0.3, -0.25) is 9.59 Å². The molecule has 2 N–H and O–H groups in total. The Hall–Kier alpha value is -5.18. The number of hydrogen-bond donors (Lipinski definition) is 2. The van der Waals surface area contributed by atoms with E-state index in [1.54, 1.807) is 35.9 Å². The van der Waals surface area contributed by atoms with Crippen molar-refractivity contribution in [3.05, 3.63) is 131 Å². The number of alkyl carbamates (subject to hydrolysis) is 1. The van der Waals surface area contributed by atoms with Gasteiger partial charge in [-0.25, -0.2) is 9.59 Å². The van der Waals surface area contributed by atoms with Crippen LogP contribution in [0.3, 0.4) is 0 Å². The van der Waals surface area contributed by atoms with Crippen LogP contribution in [0.4, 0.5) is 4.79 Å². The molecule has 1 atom stereocenters. The first kappa shape index (κ1) is 32.7. The van der Waals surface area contributed by atoms with Crippen molar-refractivity contribution in [3.8, 4) is 0 Å². The van der Waals surface area contributed by atoms with Crippen LogP contribution in [-0.4, -0.2) is 40.9 Å². The standard InChI is InChI=1S/C36H39N3O6/c1-26-16-18-29(19-17-26)34(41)32-21-20-30(39(32)2)23-33(40)38-31(35(42)44-24-27-11-5-3-6-12-27)15-9-10-22-37-36(43)45-25-28-13-7-4-8-14-28/h3-8,11-14,16-21,31H,9-10,15,22-25H2,1-2H3,(H,37,43)(H,38,40)/t31-/m0/s1. The number of aromatic nitrogens is 1. The zero-order valence-electron chi connectivity index (χ0n) is 25.7. The Morgan fingerprint density at radius 3 is 2.02 bits per heavy atom. The van der Waals surface area contributed by atoms with Gasteiger partial charge in [-0.15, -0.1) is 0 Å². The smallest absolute Gasteiger partial charge is 0.407 e. The van der Waals surface area contributed by atoms with Gasteiger partial charge in [-0.2, -0.15) is 0 Å². The molecule has 3 aromatic carbocycles. The summed E-state index contributed by atoms with van der Waals surface area (Å²) < 4.78 is 12.5. The molecule has 234 valence electrons. The molecule has 0 radical (unpaired) electrons. The average Bonchev–Trinajstić information content (AvgIpc) is 3.41. The Morgan fingerprint density at radius 2 is 1.38 bits per heavy atom. The number of carbonyl (C=O) groups excluding carboxylic acids is 4. The molecular formula is C36H39N3O6. The van der Waals surface area contributed by atoms with E-state index in [0.29, 0.717) is 42.8 Å². The minimum absolute atomic E-state index is 0.0189. The molecule has 0 aliphatic heterocycles. The number of benzene rings is 3. The number of ether oxygens (including phenoxy) is 2. The second-order valence-corrected chi connectivity index (χ2v) is 10.8. The van der Waals surface area contributed by atoms with E-state index >= 15 is 0 Å². The van der Waals surface area contributed by atoms with Crippen LogP contribution in [0, 0.1) is 6.92 Å². The third kappa shape index (κ3) is 10.2. The van der Waals surface area contributed by atoms with Crippen molar-refractivity contribution in [1.29, 1.82) is 0 Å². The van der Waals surface area contributed by atoms with Crippen molar-refractivity contribution < 1.29 is 28.7 Å². The van der Waals surface area contributed by atoms with E-state index in [9.17, 15) is 19.2 Å². The molecule has 45 heavy (non-hydrogen) atoms. The molecule has 9 nitrogen and oxygen atoms in total. The molecule has 0 saturated carbocycles. The van der Waals surface area contributed by atoms with Gasteiger partial charge < -0.3 is 24.7 Å². The number of nitrogens with zero attached hydrogens (tertiary/aromatic N) is 1. The number of amides is 2. The summed E-state index contributed by atoms with van der Waals surface area (Å²) in [6.07, 6.45) is 0.901. The van der Waals surface area contributed by atoms with E-state index < -0.39 is 18.1 Å². The molecule has 0 spiro atoms. The van der Waals surface area contributed by atoms with Crippen molar-refractivity contribution in [1.82, 2.24) is 15.2 Å². The van der Waals surface area contributed by atoms with Gasteiger partial charge in [0.25, 0.3) is 0 Å². The van der Waals surface area contributed by atoms with Gasteiger partial charge in [-0.1, -0.05) is 90.5 Å². The molecule has 0 unspecified atom stereocenters. The fraction of sp³-hybridized carbons (Fsp3) is 0.278. The largest absolute Gasteiger partial charge is 0.459 e. The molecule has 4 rings (SSSR count). The summed E-state index contributed by atoms with van der Waals surface area (Å²) >= 11 is 0. The summed E-state index contributed by atoms with van der Waals surface area (Å²) in [6, 6.07) is 28.6. The lowest BCUT2D eigenvalue weighted by Crippen LogP contribution is -2.42. The van der Waals surface area contributed by atoms with Crippen molar-refractivity contribution in [3.63, 3.8) is 0 Å². The van der Waals surface area contributed by atoms with E-state index in [-0.39, 0.29) is 31.3 Å². The normalized spacial score (nSPS) is 11.3. The highest BCUT2D eigenvalue weighted by Gasteiger charge is 2.23. The van der Waals surface area contributed by atoms with Crippen LogP contribution in [0.15, 0.2) is 97.1 Å². The third-order valence-corrected chi connectivity index (χ3v) is 7.36. The molecule has 0 aliphatic carbocycles. The number of ketones is 1. The minimum atomic E-state index is -0.875. The predicted molar refractivity (Wildman–Crippen MR) is 170 cm³/mol. The number of nitrogens with one attached hydrogen (secondary N) is 2. The van der Waals surface area contributed by atoms with Crippen molar-refractivity contribution >= 4 is 23.8 Å². The van der Waals surface area contributed by atoms with Crippen LogP contribution >= 0.6 is 0 Å². The first-order chi connectivity index (χ1) is 21.8. The highest BCUT2D eigenvalue weighted by Crippen LogP contribution is 2.15. The lowest BCUT2D eigenvalue weighted by atomic mass is 10.1. The van der Waals surface area contributed by atoms with Crippen LogP contribution < -0.4 is 10.6 Å². The molecular weight excluding hydrogens is 570 g/mol. The fourth-order valence-electron chi connectivity index (χ4n) is 4.74. The van der Waals surface area contributed by atoms with Crippen molar-refractivity contribution in [2.24, 2.45) is 7.05 Å². The summed E-state index contributed by atoms with van der Waals surface area (Å²) in [6.45, 7) is 2.58. The number of rotatable bonds is 15. The quantitative estimate of drug-likeness (QED) is 0.106. The summed E-state index contributed by atoms with van der Waals surface area (Å²) in [4.78, 5) is 51.2. The van der Waals surface area contributed by atoms with Crippen molar-refractivity contribution in [2.75, 3.05) is 6.54 Å². The van der Waals surface area contributed by atoms with Gasteiger partial charge in [0.15, 0.2) is 0 Å². The summed E-state index contributed by atoms with van der Waals surface area (Å²) in [7, 11) is 1.74. The highest BCUT2D eigenvalue weighted by molar-refractivity contribution is 6.08. The average molecular weight is 610 g/mol. The maximum absolute atomic E-state index is 13.1. The number of unbranched alkanes of at least 4 members (excludes halogenated alkanes) is 1. The molecule has 1 aromatic heterocycles. The molecule has 0 aliphatic rings. The molecule has 2 amide bonds. The van der Waals surface area contributed by atoms with Crippen LogP contribution in [-0.2, 0) is 45.7 Å². The Labute approximate surface area is 263 Å². The Kier molecular flexibility index (Phi) is 12.1. The molecule has 0 bridgehead atoms. The third-order valence-electron chi connectivity index (χ3n) is 7.36. The predicted octanol–water partition coefficient (Wildman–Crippen LogP) is 5.43. The Morgan fingerprint density at radius 1 is 0.756 bits per heavy atom. The lowest BCUT2D eigenvalue weighted by Gasteiger charge is -2.18. The Bertz CT molecular complexity index is 1570. The topological polar surface area (TPSA) is 116 Å². The van der Waals surface area contributed by atoms with E-state index in [2.05, 4.69) is 10.6 Å². The molecule has 4 aromatic rings. The maximum atomic E-state index is 13.1. The molecule has 0 saturated heterocycles. The first-order valence-corrected chi connectivity index (χ1v) is 15.0. The summed E-state index contributed by atoms with van der Waals surface area (Å²) in [5.74, 6) is -1.04. The molecule has 9 heteroatoms. The number of aryl methyl sites for hydroxylation is 1.